The van der Waals surface area contributed by atoms with E-state index in [1.165, 1.54) is 0 Å². The second-order valence-electron chi connectivity index (χ2n) is 4.97. The van der Waals surface area contributed by atoms with Crippen molar-refractivity contribution in [2.24, 2.45) is 0 Å². The van der Waals surface area contributed by atoms with Gasteiger partial charge in [0.25, 0.3) is 0 Å². The summed E-state index contributed by atoms with van der Waals surface area (Å²) in [6.07, 6.45) is 0.0973. The van der Waals surface area contributed by atoms with E-state index in [9.17, 15) is 4.79 Å². The highest BCUT2D eigenvalue weighted by atomic mass is 16.7. The molecule has 0 saturated carbocycles. The molecule has 2 heterocycles. The fraction of sp³-hybridized carbons (Fsp3) is 0.500. The monoisotopic (exact) mass is 278 g/mol. The fourth-order valence-corrected chi connectivity index (χ4v) is 2.34. The second-order valence-corrected chi connectivity index (χ2v) is 4.97. The molecule has 1 fully saturated rings. The van der Waals surface area contributed by atoms with E-state index in [0.29, 0.717) is 26.2 Å². The van der Waals surface area contributed by atoms with E-state index >= 15 is 0 Å². The molecular weight excluding hydrogens is 260 g/mol. The van der Waals surface area contributed by atoms with Crippen molar-refractivity contribution in [3.05, 3.63) is 23.8 Å². The van der Waals surface area contributed by atoms with E-state index in [1.807, 2.05) is 25.1 Å². The van der Waals surface area contributed by atoms with E-state index in [2.05, 4.69) is 5.32 Å². The number of nitrogens with zero attached hydrogens (tertiary/aromatic N) is 1. The van der Waals surface area contributed by atoms with Crippen molar-refractivity contribution in [1.82, 2.24) is 10.2 Å². The van der Waals surface area contributed by atoms with Crippen LogP contribution in [-0.4, -0.2) is 43.5 Å². The van der Waals surface area contributed by atoms with Gasteiger partial charge < -0.3 is 24.4 Å². The van der Waals surface area contributed by atoms with Crippen LogP contribution in [0.5, 0.6) is 11.5 Å². The van der Waals surface area contributed by atoms with Crippen molar-refractivity contribution in [1.29, 1.82) is 0 Å². The Labute approximate surface area is 117 Å². The molecule has 1 atom stereocenters. The first kappa shape index (κ1) is 13.1. The van der Waals surface area contributed by atoms with Crippen molar-refractivity contribution in [3.8, 4) is 11.5 Å². The number of benzene rings is 1. The van der Waals surface area contributed by atoms with E-state index in [0.717, 1.165) is 17.1 Å². The quantitative estimate of drug-likeness (QED) is 0.887. The first-order valence-corrected chi connectivity index (χ1v) is 6.75. The number of urea groups is 1. The van der Waals surface area contributed by atoms with Crippen LogP contribution in [0.25, 0.3) is 0 Å². The Kier molecular flexibility index (Phi) is 3.64. The summed E-state index contributed by atoms with van der Waals surface area (Å²) in [5.41, 5.74) is 0.990. The van der Waals surface area contributed by atoms with Crippen LogP contribution in [0.1, 0.15) is 12.5 Å². The van der Waals surface area contributed by atoms with Crippen molar-refractivity contribution < 1.29 is 19.0 Å². The van der Waals surface area contributed by atoms with Crippen LogP contribution in [-0.2, 0) is 11.3 Å². The number of hydrogen-bond donors (Lipinski definition) is 1. The molecule has 2 aliphatic heterocycles. The number of rotatable bonds is 2. The Bertz CT molecular complexity index is 506. The first-order chi connectivity index (χ1) is 9.72. The van der Waals surface area contributed by atoms with Crippen LogP contribution in [0.2, 0.25) is 0 Å². The standard InChI is InChI=1S/C14H18N2O4/c1-10-8-16(4-5-18-10)14(17)15-7-11-2-3-12-13(6-11)20-9-19-12/h2-3,6,10H,4-5,7-9H2,1H3,(H,15,17). The lowest BCUT2D eigenvalue weighted by molar-refractivity contribution is -0.00351. The topological polar surface area (TPSA) is 60.0 Å². The largest absolute Gasteiger partial charge is 0.454 e. The van der Waals surface area contributed by atoms with Gasteiger partial charge in [-0.05, 0) is 24.6 Å². The molecule has 1 N–H and O–H groups in total. The number of morpholine rings is 1. The number of ether oxygens (including phenoxy) is 3. The van der Waals surface area contributed by atoms with Gasteiger partial charge in [-0.25, -0.2) is 4.79 Å². The Morgan fingerprint density at radius 3 is 3.10 bits per heavy atom. The average molecular weight is 278 g/mol. The number of nitrogens with one attached hydrogen (secondary N) is 1. The lowest BCUT2D eigenvalue weighted by atomic mass is 10.2. The molecule has 2 amide bonds. The smallest absolute Gasteiger partial charge is 0.317 e. The van der Waals surface area contributed by atoms with E-state index < -0.39 is 0 Å². The second kappa shape index (κ2) is 5.58. The minimum absolute atomic E-state index is 0.0576. The highest BCUT2D eigenvalue weighted by Gasteiger charge is 2.21. The van der Waals surface area contributed by atoms with Gasteiger partial charge in [-0.3, -0.25) is 0 Å². The normalized spacial score (nSPS) is 20.9. The van der Waals surface area contributed by atoms with Gasteiger partial charge in [-0.2, -0.15) is 0 Å². The molecule has 1 aromatic rings. The summed E-state index contributed by atoms with van der Waals surface area (Å²) < 4.78 is 16.0. The Balaban J connectivity index is 1.55. The van der Waals surface area contributed by atoms with Crippen molar-refractivity contribution in [2.75, 3.05) is 26.5 Å². The molecule has 20 heavy (non-hydrogen) atoms. The molecule has 108 valence electrons. The maximum absolute atomic E-state index is 12.1. The zero-order valence-electron chi connectivity index (χ0n) is 11.4. The zero-order valence-corrected chi connectivity index (χ0v) is 11.4. The lowest BCUT2D eigenvalue weighted by Crippen LogP contribution is -2.48. The fourth-order valence-electron chi connectivity index (χ4n) is 2.34. The van der Waals surface area contributed by atoms with Gasteiger partial charge in [0.05, 0.1) is 12.7 Å². The van der Waals surface area contributed by atoms with Crippen LogP contribution in [0, 0.1) is 0 Å². The van der Waals surface area contributed by atoms with E-state index in [4.69, 9.17) is 14.2 Å². The average Bonchev–Trinajstić information content (AvgIpc) is 2.92. The summed E-state index contributed by atoms with van der Waals surface area (Å²) in [6, 6.07) is 5.62. The van der Waals surface area contributed by atoms with Crippen LogP contribution in [0.3, 0.4) is 0 Å². The maximum Gasteiger partial charge on any atom is 0.317 e. The first-order valence-electron chi connectivity index (χ1n) is 6.75. The molecule has 3 rings (SSSR count). The third-order valence-electron chi connectivity index (χ3n) is 3.41. The van der Waals surface area contributed by atoms with Gasteiger partial charge in [-0.1, -0.05) is 6.07 Å². The molecule has 1 saturated heterocycles. The van der Waals surface area contributed by atoms with Crippen LogP contribution < -0.4 is 14.8 Å². The zero-order chi connectivity index (χ0) is 13.9. The number of carbonyl (C=O) groups is 1. The van der Waals surface area contributed by atoms with Crippen LogP contribution >= 0.6 is 0 Å². The molecular formula is C14H18N2O4. The molecule has 1 aromatic carbocycles. The molecule has 0 bridgehead atoms. The highest BCUT2D eigenvalue weighted by Crippen LogP contribution is 2.32. The number of hydrogen-bond acceptors (Lipinski definition) is 4. The van der Waals surface area contributed by atoms with Crippen molar-refractivity contribution in [2.45, 2.75) is 19.6 Å². The van der Waals surface area contributed by atoms with Gasteiger partial charge in [0, 0.05) is 19.6 Å². The molecule has 0 spiro atoms. The van der Waals surface area contributed by atoms with Gasteiger partial charge >= 0.3 is 6.03 Å². The summed E-state index contributed by atoms with van der Waals surface area (Å²) in [5, 5.41) is 2.92. The molecule has 6 nitrogen and oxygen atoms in total. The maximum atomic E-state index is 12.1. The molecule has 1 unspecified atom stereocenters. The van der Waals surface area contributed by atoms with E-state index in [1.54, 1.807) is 4.90 Å². The van der Waals surface area contributed by atoms with Crippen LogP contribution in [0.15, 0.2) is 18.2 Å². The third-order valence-corrected chi connectivity index (χ3v) is 3.41. The van der Waals surface area contributed by atoms with E-state index in [-0.39, 0.29) is 18.9 Å². The molecule has 0 radical (unpaired) electrons. The third kappa shape index (κ3) is 2.80. The summed E-state index contributed by atoms with van der Waals surface area (Å²) in [6.45, 7) is 4.57. The highest BCUT2D eigenvalue weighted by molar-refractivity contribution is 5.74. The van der Waals surface area contributed by atoms with Gasteiger partial charge in [0.2, 0.25) is 6.79 Å². The lowest BCUT2D eigenvalue weighted by Gasteiger charge is -2.31. The van der Waals surface area contributed by atoms with Gasteiger partial charge in [0.15, 0.2) is 11.5 Å². The number of fused-ring (bicyclic) bond motifs is 1. The molecule has 6 heteroatoms. The summed E-state index contributed by atoms with van der Waals surface area (Å²) in [4.78, 5) is 13.8. The Hall–Kier alpha value is -1.95. The van der Waals surface area contributed by atoms with Gasteiger partial charge in [-0.15, -0.1) is 0 Å². The van der Waals surface area contributed by atoms with Crippen molar-refractivity contribution in [3.63, 3.8) is 0 Å². The molecule has 0 aliphatic carbocycles. The predicted molar refractivity (Wildman–Crippen MR) is 71.8 cm³/mol. The Morgan fingerprint density at radius 1 is 1.40 bits per heavy atom. The molecule has 2 aliphatic rings. The number of carbonyl (C=O) groups excluding carboxylic acids is 1. The summed E-state index contributed by atoms with van der Waals surface area (Å²) in [5.74, 6) is 1.49. The SMILES string of the molecule is CC1CN(C(=O)NCc2ccc3c(c2)OCO3)CCO1. The van der Waals surface area contributed by atoms with Crippen molar-refractivity contribution >= 4 is 6.03 Å². The minimum atomic E-state index is -0.0576. The number of amides is 2. The summed E-state index contributed by atoms with van der Waals surface area (Å²) in [7, 11) is 0. The minimum Gasteiger partial charge on any atom is -0.454 e. The Morgan fingerprint density at radius 2 is 2.25 bits per heavy atom. The predicted octanol–water partition coefficient (Wildman–Crippen LogP) is 1.35. The van der Waals surface area contributed by atoms with Gasteiger partial charge in [0.1, 0.15) is 0 Å². The van der Waals surface area contributed by atoms with Crippen LogP contribution in [0.4, 0.5) is 4.79 Å². The summed E-state index contributed by atoms with van der Waals surface area (Å²) >= 11 is 0. The molecule has 0 aromatic heterocycles.